The van der Waals surface area contributed by atoms with Gasteiger partial charge in [-0.25, -0.2) is 4.98 Å². The molecule has 1 aromatic heterocycles. The molecule has 4 heteroatoms. The summed E-state index contributed by atoms with van der Waals surface area (Å²) in [6.07, 6.45) is 3.42. The Balaban J connectivity index is 1.90. The molecule has 2 rings (SSSR count). The Bertz CT molecular complexity index is 319. The first-order valence-corrected chi connectivity index (χ1v) is 5.26. The lowest BCUT2D eigenvalue weighted by Crippen LogP contribution is -2.37. The van der Waals surface area contributed by atoms with Crippen LogP contribution in [-0.2, 0) is 0 Å². The molecule has 0 amide bonds. The second-order valence-corrected chi connectivity index (χ2v) is 4.32. The molecule has 0 spiro atoms. The van der Waals surface area contributed by atoms with Crippen LogP contribution in [0.25, 0.3) is 0 Å². The van der Waals surface area contributed by atoms with E-state index in [4.69, 9.17) is 5.73 Å². The van der Waals surface area contributed by atoms with E-state index in [0.29, 0.717) is 11.6 Å². The Hall–Kier alpha value is -1.29. The van der Waals surface area contributed by atoms with E-state index in [2.05, 4.69) is 9.88 Å². The van der Waals surface area contributed by atoms with Crippen LogP contribution in [0.1, 0.15) is 12.8 Å². The van der Waals surface area contributed by atoms with E-state index in [0.717, 1.165) is 25.2 Å². The SMILES string of the molecule is CN(CC1CC(O)C1)c1ccc(N)cn1. The van der Waals surface area contributed by atoms with E-state index in [9.17, 15) is 5.11 Å². The quantitative estimate of drug-likeness (QED) is 0.772. The van der Waals surface area contributed by atoms with Gasteiger partial charge >= 0.3 is 0 Å². The van der Waals surface area contributed by atoms with Crippen molar-refractivity contribution in [3.8, 4) is 0 Å². The lowest BCUT2D eigenvalue weighted by molar-refractivity contribution is 0.0464. The zero-order valence-electron chi connectivity index (χ0n) is 8.93. The van der Waals surface area contributed by atoms with Gasteiger partial charge in [0.2, 0.25) is 0 Å². The van der Waals surface area contributed by atoms with Crippen molar-refractivity contribution in [3.05, 3.63) is 18.3 Å². The van der Waals surface area contributed by atoms with Crippen LogP contribution in [0.4, 0.5) is 11.5 Å². The summed E-state index contributed by atoms with van der Waals surface area (Å²) in [5, 5.41) is 9.19. The number of rotatable bonds is 3. The van der Waals surface area contributed by atoms with Crippen LogP contribution in [0.15, 0.2) is 18.3 Å². The summed E-state index contributed by atoms with van der Waals surface area (Å²) < 4.78 is 0. The first-order chi connectivity index (χ1) is 7.15. The van der Waals surface area contributed by atoms with Gasteiger partial charge in [-0.05, 0) is 30.9 Å². The number of aromatic nitrogens is 1. The summed E-state index contributed by atoms with van der Waals surface area (Å²) in [7, 11) is 2.02. The minimum atomic E-state index is -0.0808. The average molecular weight is 207 g/mol. The van der Waals surface area contributed by atoms with E-state index in [1.54, 1.807) is 6.20 Å². The molecule has 0 bridgehead atoms. The van der Waals surface area contributed by atoms with E-state index in [1.165, 1.54) is 0 Å². The molecule has 0 radical (unpaired) electrons. The van der Waals surface area contributed by atoms with Crippen LogP contribution in [0, 0.1) is 5.92 Å². The van der Waals surface area contributed by atoms with E-state index >= 15 is 0 Å². The average Bonchev–Trinajstić information content (AvgIpc) is 2.16. The van der Waals surface area contributed by atoms with Crippen molar-refractivity contribution in [2.45, 2.75) is 18.9 Å². The normalized spacial score (nSPS) is 24.7. The molecule has 0 saturated heterocycles. The number of aliphatic hydroxyl groups is 1. The van der Waals surface area contributed by atoms with Gasteiger partial charge in [0, 0.05) is 13.6 Å². The van der Waals surface area contributed by atoms with Gasteiger partial charge in [0.25, 0.3) is 0 Å². The highest BCUT2D eigenvalue weighted by Crippen LogP contribution is 2.28. The third-order valence-electron chi connectivity index (χ3n) is 2.90. The third kappa shape index (κ3) is 2.39. The number of nitrogens with two attached hydrogens (primary N) is 1. The summed E-state index contributed by atoms with van der Waals surface area (Å²) in [5.41, 5.74) is 6.26. The first-order valence-electron chi connectivity index (χ1n) is 5.26. The van der Waals surface area contributed by atoms with Gasteiger partial charge in [0.05, 0.1) is 18.0 Å². The molecule has 0 aliphatic heterocycles. The van der Waals surface area contributed by atoms with Gasteiger partial charge in [0.15, 0.2) is 0 Å². The molecule has 0 unspecified atom stereocenters. The maximum absolute atomic E-state index is 9.19. The van der Waals surface area contributed by atoms with Crippen LogP contribution < -0.4 is 10.6 Å². The number of aliphatic hydroxyl groups excluding tert-OH is 1. The largest absolute Gasteiger partial charge is 0.397 e. The van der Waals surface area contributed by atoms with Gasteiger partial charge in [-0.2, -0.15) is 0 Å². The molecular weight excluding hydrogens is 190 g/mol. The smallest absolute Gasteiger partial charge is 0.128 e. The van der Waals surface area contributed by atoms with E-state index in [1.807, 2.05) is 19.2 Å². The number of hydrogen-bond donors (Lipinski definition) is 2. The summed E-state index contributed by atoms with van der Waals surface area (Å²) in [4.78, 5) is 6.35. The molecule has 1 saturated carbocycles. The zero-order chi connectivity index (χ0) is 10.8. The fourth-order valence-corrected chi connectivity index (χ4v) is 1.95. The summed E-state index contributed by atoms with van der Waals surface area (Å²) >= 11 is 0. The molecule has 1 fully saturated rings. The standard InChI is InChI=1S/C11H17N3O/c1-14(7-8-4-10(15)5-8)11-3-2-9(12)6-13-11/h2-3,6,8,10,15H,4-5,7,12H2,1H3. The molecule has 1 heterocycles. The second-order valence-electron chi connectivity index (χ2n) is 4.32. The predicted octanol–water partition coefficient (Wildman–Crippen LogP) is 0.871. The number of nitrogens with zero attached hydrogens (tertiary/aromatic N) is 2. The Morgan fingerprint density at radius 2 is 2.27 bits per heavy atom. The summed E-state index contributed by atoms with van der Waals surface area (Å²) in [6.45, 7) is 0.952. The number of hydrogen-bond acceptors (Lipinski definition) is 4. The zero-order valence-corrected chi connectivity index (χ0v) is 8.93. The molecule has 4 nitrogen and oxygen atoms in total. The van der Waals surface area contributed by atoms with Gasteiger partial charge in [-0.3, -0.25) is 0 Å². The van der Waals surface area contributed by atoms with Crippen LogP contribution in [0.2, 0.25) is 0 Å². The van der Waals surface area contributed by atoms with Crippen molar-refractivity contribution >= 4 is 11.5 Å². The fourth-order valence-electron chi connectivity index (χ4n) is 1.95. The maximum atomic E-state index is 9.19. The molecule has 0 aromatic carbocycles. The van der Waals surface area contributed by atoms with Gasteiger partial charge < -0.3 is 15.7 Å². The van der Waals surface area contributed by atoms with Crippen molar-refractivity contribution in [3.63, 3.8) is 0 Å². The molecule has 1 aliphatic carbocycles. The Morgan fingerprint density at radius 1 is 1.53 bits per heavy atom. The highest BCUT2D eigenvalue weighted by Gasteiger charge is 2.28. The first kappa shape index (κ1) is 10.2. The van der Waals surface area contributed by atoms with Crippen LogP contribution in [0.3, 0.4) is 0 Å². The van der Waals surface area contributed by atoms with Gasteiger partial charge in [-0.1, -0.05) is 0 Å². The third-order valence-corrected chi connectivity index (χ3v) is 2.90. The molecule has 1 aliphatic rings. The second kappa shape index (κ2) is 4.06. The fraction of sp³-hybridized carbons (Fsp3) is 0.545. The van der Waals surface area contributed by atoms with Crippen LogP contribution in [-0.4, -0.2) is 29.8 Å². The minimum Gasteiger partial charge on any atom is -0.397 e. The number of nitrogen functional groups attached to an aromatic ring is 1. The molecule has 82 valence electrons. The predicted molar refractivity (Wildman–Crippen MR) is 60.7 cm³/mol. The van der Waals surface area contributed by atoms with Gasteiger partial charge in [-0.15, -0.1) is 0 Å². The van der Waals surface area contributed by atoms with Crippen LogP contribution >= 0.6 is 0 Å². The van der Waals surface area contributed by atoms with Crippen molar-refractivity contribution in [1.29, 1.82) is 0 Å². The minimum absolute atomic E-state index is 0.0808. The molecular formula is C11H17N3O. The Morgan fingerprint density at radius 3 is 2.80 bits per heavy atom. The van der Waals surface area contributed by atoms with Crippen LogP contribution in [0.5, 0.6) is 0 Å². The summed E-state index contributed by atoms with van der Waals surface area (Å²) in [5.74, 6) is 1.54. The topological polar surface area (TPSA) is 62.4 Å². The highest BCUT2D eigenvalue weighted by molar-refractivity contribution is 5.45. The van der Waals surface area contributed by atoms with Crippen molar-refractivity contribution in [1.82, 2.24) is 4.98 Å². The monoisotopic (exact) mass is 207 g/mol. The van der Waals surface area contributed by atoms with Crippen molar-refractivity contribution in [2.75, 3.05) is 24.2 Å². The van der Waals surface area contributed by atoms with Crippen molar-refractivity contribution < 1.29 is 5.11 Å². The summed E-state index contributed by atoms with van der Waals surface area (Å²) in [6, 6.07) is 3.78. The number of anilines is 2. The molecule has 1 aromatic rings. The maximum Gasteiger partial charge on any atom is 0.128 e. The molecule has 0 atom stereocenters. The Labute approximate surface area is 89.7 Å². The van der Waals surface area contributed by atoms with E-state index in [-0.39, 0.29) is 6.10 Å². The number of pyridine rings is 1. The van der Waals surface area contributed by atoms with Crippen molar-refractivity contribution in [2.24, 2.45) is 5.92 Å². The Kier molecular flexibility index (Phi) is 2.77. The lowest BCUT2D eigenvalue weighted by Gasteiger charge is -2.34. The van der Waals surface area contributed by atoms with Gasteiger partial charge in [0.1, 0.15) is 5.82 Å². The van der Waals surface area contributed by atoms with E-state index < -0.39 is 0 Å². The lowest BCUT2D eigenvalue weighted by atomic mass is 9.82. The molecule has 15 heavy (non-hydrogen) atoms. The highest BCUT2D eigenvalue weighted by atomic mass is 16.3. The molecule has 3 N–H and O–H groups in total.